The van der Waals surface area contributed by atoms with E-state index in [0.29, 0.717) is 11.4 Å². The molecule has 6 rings (SSSR count). The van der Waals surface area contributed by atoms with E-state index in [1.165, 1.54) is 15.8 Å². The number of urea groups is 1. The zero-order valence-electron chi connectivity index (χ0n) is 28.1. The topological polar surface area (TPSA) is 356 Å². The number of ether oxygens (including phenoxy) is 1. The molecular formula is C27H37N9O15P2S. The van der Waals surface area contributed by atoms with Crippen LogP contribution >= 0.6 is 28.3 Å². The maximum Gasteiger partial charge on any atom is 0.481 e. The standard InChI is InChI=1S/C27H37N9O15P2S/c1-10-3-12-13(4-11(10)2)35(24-27(54,34-12)25(42)33-26(43)32-24)5-14(37)18(39)15(38)6-48-52(44,45)51-53(46,47)49-7-16-19(40)20(41)23(50-16)36-9-31-17-21(28)29-8-30-22(17)36/h3-4,8-9,14-16,18-20,23-24,34,37-41,54H,5-7H2,1-2H3,(H,44,45)(H,46,47)(H2,28,29,30)(H2,32,33,42,43)/t14-,15+,16+,18-,19+,20+,23+,24?,27-/m0/s1. The first-order valence-electron chi connectivity index (χ1n) is 15.9. The third-order valence-electron chi connectivity index (χ3n) is 8.98. The van der Waals surface area contributed by atoms with Gasteiger partial charge in [0.25, 0.3) is 5.91 Å². The van der Waals surface area contributed by atoms with Gasteiger partial charge in [-0.3, -0.25) is 23.7 Å². The maximum atomic E-state index is 12.9. The lowest BCUT2D eigenvalue weighted by Crippen LogP contribution is -2.76. The average molecular weight is 822 g/mol. The molecule has 24 nitrogen and oxygen atoms in total. The van der Waals surface area contributed by atoms with E-state index >= 15 is 0 Å². The number of imidazole rings is 1. The number of amides is 3. The lowest BCUT2D eigenvalue weighted by molar-refractivity contribution is -0.123. The Morgan fingerprint density at radius 1 is 1.04 bits per heavy atom. The molecule has 1 aromatic carbocycles. The Balaban J connectivity index is 1.05. The number of fused-ring (bicyclic) bond motifs is 3. The average Bonchev–Trinajstić information content (AvgIpc) is 3.64. The number of hydrogen-bond donors (Lipinski definition) is 12. The van der Waals surface area contributed by atoms with Crippen LogP contribution in [0.15, 0.2) is 24.8 Å². The third kappa shape index (κ3) is 7.79. The van der Waals surface area contributed by atoms with Crippen molar-refractivity contribution >= 4 is 68.6 Å². The first-order valence-corrected chi connectivity index (χ1v) is 19.3. The highest BCUT2D eigenvalue weighted by molar-refractivity contribution is 7.83. The molecule has 3 aliphatic heterocycles. The molecule has 12 N–H and O–H groups in total. The number of β-amino-alcohol motifs (C(OH)–C–C–N with tert-alkyl or cyclic N) is 1. The Labute approximate surface area is 309 Å². The lowest BCUT2D eigenvalue weighted by Gasteiger charge is -2.51. The smallest absolute Gasteiger partial charge is 0.388 e. The van der Waals surface area contributed by atoms with Gasteiger partial charge in [-0.05, 0) is 37.1 Å². The minimum absolute atomic E-state index is 0.0301. The summed E-state index contributed by atoms with van der Waals surface area (Å²) >= 11 is 4.49. The van der Waals surface area contributed by atoms with Crippen LogP contribution < -0.4 is 26.6 Å². The number of nitrogens with one attached hydrogen (secondary N) is 3. The van der Waals surface area contributed by atoms with E-state index in [9.17, 15) is 54.0 Å². The highest BCUT2D eigenvalue weighted by atomic mass is 32.1. The van der Waals surface area contributed by atoms with Gasteiger partial charge in [0.15, 0.2) is 17.7 Å². The number of nitrogen functional groups attached to an aromatic ring is 1. The molecular weight excluding hydrogens is 784 g/mol. The number of phosphoric acid groups is 2. The second kappa shape index (κ2) is 14.9. The number of carbonyl (C=O) groups is 2. The Hall–Kier alpha value is -3.52. The fourth-order valence-electron chi connectivity index (χ4n) is 6.04. The van der Waals surface area contributed by atoms with Crippen molar-refractivity contribution in [2.75, 3.05) is 35.7 Å². The largest absolute Gasteiger partial charge is 0.481 e. The third-order valence-corrected chi connectivity index (χ3v) is 12.1. The summed E-state index contributed by atoms with van der Waals surface area (Å²) < 4.78 is 45.5. The number of rotatable bonds is 13. The zero-order valence-corrected chi connectivity index (χ0v) is 30.8. The predicted molar refractivity (Wildman–Crippen MR) is 185 cm³/mol. The number of aryl methyl sites for hydroxylation is 2. The zero-order chi connectivity index (χ0) is 39.5. The van der Waals surface area contributed by atoms with Crippen molar-refractivity contribution in [3.8, 4) is 0 Å². The quantitative estimate of drug-likeness (QED) is 0.0637. The molecule has 0 spiro atoms. The number of aliphatic hydroxyl groups excluding tert-OH is 5. The second-order valence-electron chi connectivity index (χ2n) is 12.7. The van der Waals surface area contributed by atoms with Crippen molar-refractivity contribution in [3.05, 3.63) is 35.9 Å². The maximum absolute atomic E-state index is 12.9. The van der Waals surface area contributed by atoms with E-state index in [1.807, 2.05) is 6.92 Å². The van der Waals surface area contributed by atoms with Crippen LogP contribution in [0, 0.1) is 13.8 Å². The van der Waals surface area contributed by atoms with Crippen molar-refractivity contribution in [2.24, 2.45) is 0 Å². The van der Waals surface area contributed by atoms with Gasteiger partial charge in [0.2, 0.25) is 4.87 Å². The summed E-state index contributed by atoms with van der Waals surface area (Å²) in [5.41, 5.74) is 8.49. The number of aromatic nitrogens is 4. The molecule has 0 saturated carbocycles. The Kier molecular flexibility index (Phi) is 11.0. The van der Waals surface area contributed by atoms with Gasteiger partial charge in [0, 0.05) is 6.54 Å². The highest BCUT2D eigenvalue weighted by Crippen LogP contribution is 2.60. The van der Waals surface area contributed by atoms with E-state index in [0.717, 1.165) is 17.5 Å². The van der Waals surface area contributed by atoms with Gasteiger partial charge in [-0.15, -0.1) is 12.6 Å². The van der Waals surface area contributed by atoms with E-state index in [2.05, 4.69) is 52.4 Å². The van der Waals surface area contributed by atoms with Gasteiger partial charge in [0.05, 0.1) is 30.9 Å². The molecule has 2 fully saturated rings. The van der Waals surface area contributed by atoms with Crippen molar-refractivity contribution in [1.29, 1.82) is 0 Å². The van der Waals surface area contributed by atoms with Gasteiger partial charge >= 0.3 is 21.7 Å². The molecule has 296 valence electrons. The Morgan fingerprint density at radius 2 is 1.72 bits per heavy atom. The molecule has 5 heterocycles. The summed E-state index contributed by atoms with van der Waals surface area (Å²) in [7, 11) is -11.0. The fourth-order valence-corrected chi connectivity index (χ4v) is 8.51. The van der Waals surface area contributed by atoms with Crippen molar-refractivity contribution < 1.29 is 72.1 Å². The first kappa shape index (κ1) is 40.2. The molecule has 54 heavy (non-hydrogen) atoms. The molecule has 0 aliphatic carbocycles. The van der Waals surface area contributed by atoms with Gasteiger partial charge in [-0.25, -0.2) is 28.9 Å². The molecule has 11 atom stereocenters. The number of nitrogens with two attached hydrogens (primary N) is 1. The number of nitrogens with zero attached hydrogens (tertiary/aromatic N) is 5. The minimum Gasteiger partial charge on any atom is -0.388 e. The summed E-state index contributed by atoms with van der Waals surface area (Å²) in [6, 6.07) is 2.55. The van der Waals surface area contributed by atoms with Gasteiger partial charge in [-0.2, -0.15) is 4.31 Å². The number of hydrogen-bond acceptors (Lipinski definition) is 20. The monoisotopic (exact) mass is 821 g/mol. The van der Waals surface area contributed by atoms with Crippen LogP contribution in [-0.4, -0.2) is 134 Å². The van der Waals surface area contributed by atoms with Crippen molar-refractivity contribution in [3.63, 3.8) is 0 Å². The van der Waals surface area contributed by atoms with E-state index in [1.54, 1.807) is 19.1 Å². The van der Waals surface area contributed by atoms with E-state index in [-0.39, 0.29) is 17.0 Å². The van der Waals surface area contributed by atoms with Gasteiger partial charge in [0.1, 0.15) is 54.6 Å². The van der Waals surface area contributed by atoms with Crippen LogP contribution in [0.5, 0.6) is 0 Å². The predicted octanol–water partition coefficient (Wildman–Crippen LogP) is -2.30. The summed E-state index contributed by atoms with van der Waals surface area (Å²) in [6.07, 6.45) is -11.1. The van der Waals surface area contributed by atoms with Crippen LogP contribution in [0.4, 0.5) is 22.0 Å². The van der Waals surface area contributed by atoms with Crippen LogP contribution in [0.2, 0.25) is 0 Å². The molecule has 2 saturated heterocycles. The highest BCUT2D eigenvalue weighted by Gasteiger charge is 2.54. The first-order chi connectivity index (χ1) is 25.2. The number of benzene rings is 1. The normalized spacial score (nSPS) is 29.2. The summed E-state index contributed by atoms with van der Waals surface area (Å²) in [5.74, 6) is -0.776. The van der Waals surface area contributed by atoms with Crippen molar-refractivity contribution in [1.82, 2.24) is 30.2 Å². The van der Waals surface area contributed by atoms with E-state index in [4.69, 9.17) is 15.0 Å². The molecule has 2 aromatic heterocycles. The van der Waals surface area contributed by atoms with Gasteiger partial charge in [-0.1, -0.05) is 0 Å². The number of imide groups is 1. The number of carbonyl (C=O) groups excluding carboxylic acids is 2. The molecule has 27 heteroatoms. The number of phosphoric ester groups is 2. The van der Waals surface area contributed by atoms with E-state index < -0.39 is 101 Å². The fraction of sp³-hybridized carbons (Fsp3) is 0.519. The van der Waals surface area contributed by atoms with Crippen LogP contribution in [0.3, 0.4) is 0 Å². The number of anilines is 3. The molecule has 3 amide bonds. The molecule has 3 aliphatic rings. The second-order valence-corrected chi connectivity index (χ2v) is 16.4. The minimum atomic E-state index is -5.54. The molecule has 0 bridgehead atoms. The molecule has 3 aromatic rings. The van der Waals surface area contributed by atoms with Crippen LogP contribution in [0.1, 0.15) is 17.4 Å². The van der Waals surface area contributed by atoms with Crippen LogP contribution in [0.25, 0.3) is 11.2 Å². The SMILES string of the molecule is Cc1cc2c(cc1C)N(C[C@H](O)[C@H](O)[C@H](O)COP(=O)(O)OP(=O)(O)OC[C@H]1O[C@@H](n3cnc4c(N)ncnc43)[C@H](O)[C@@H]1O)C1NC(=O)NC(=O)[C@]1(S)N2. The Bertz CT molecular complexity index is 2050. The number of aliphatic hydroxyl groups is 5. The molecule has 0 radical (unpaired) electrons. The van der Waals surface area contributed by atoms with Crippen LogP contribution in [-0.2, 0) is 32.0 Å². The molecule has 3 unspecified atom stereocenters. The van der Waals surface area contributed by atoms with Gasteiger partial charge < -0.3 is 61.3 Å². The number of thiol groups is 1. The lowest BCUT2D eigenvalue weighted by atomic mass is 9.98. The summed E-state index contributed by atoms with van der Waals surface area (Å²) in [6.45, 7) is 0.892. The summed E-state index contributed by atoms with van der Waals surface area (Å²) in [5, 5.41) is 61.0. The Morgan fingerprint density at radius 3 is 2.44 bits per heavy atom. The summed E-state index contributed by atoms with van der Waals surface area (Å²) in [4.78, 5) is 56.8. The van der Waals surface area contributed by atoms with Crippen molar-refractivity contribution in [2.45, 2.75) is 67.7 Å².